The van der Waals surface area contributed by atoms with Crippen LogP contribution in [-0.2, 0) is 4.74 Å². The summed E-state index contributed by atoms with van der Waals surface area (Å²) in [6.07, 6.45) is 2.57. The smallest absolute Gasteiger partial charge is 0.337 e. The maximum Gasteiger partial charge on any atom is 0.337 e. The zero-order chi connectivity index (χ0) is 15.8. The third-order valence-electron chi connectivity index (χ3n) is 4.08. The third kappa shape index (κ3) is 2.55. The average Bonchev–Trinajstić information content (AvgIpc) is 3.31. The molecule has 118 valence electrons. The lowest BCUT2D eigenvalue weighted by Crippen LogP contribution is -2.19. The number of thiazole rings is 1. The van der Waals surface area contributed by atoms with Crippen LogP contribution in [0.25, 0.3) is 10.2 Å². The summed E-state index contributed by atoms with van der Waals surface area (Å²) in [6, 6.07) is 5.46. The number of aromatic amines is 1. The zero-order valence-electron chi connectivity index (χ0n) is 12.5. The molecule has 0 saturated carbocycles. The molecule has 0 aliphatic carbocycles. The highest BCUT2D eigenvalue weighted by molar-refractivity contribution is 7.22. The van der Waals surface area contributed by atoms with Gasteiger partial charge in [0.25, 0.3) is 0 Å². The number of ether oxygens (including phenoxy) is 1. The van der Waals surface area contributed by atoms with Gasteiger partial charge in [-0.2, -0.15) is 5.10 Å². The molecule has 7 nitrogen and oxygen atoms in total. The van der Waals surface area contributed by atoms with Crippen LogP contribution in [0.15, 0.2) is 24.5 Å². The van der Waals surface area contributed by atoms with Crippen molar-refractivity contribution in [2.45, 2.75) is 12.3 Å². The molecule has 1 unspecified atom stereocenters. The molecular formula is C15H15N5O2S. The number of rotatable bonds is 3. The summed E-state index contributed by atoms with van der Waals surface area (Å²) in [7, 11) is 1.39. The quantitative estimate of drug-likeness (QED) is 0.742. The van der Waals surface area contributed by atoms with Gasteiger partial charge in [0, 0.05) is 19.0 Å². The minimum Gasteiger partial charge on any atom is -0.465 e. The van der Waals surface area contributed by atoms with E-state index in [9.17, 15) is 4.79 Å². The number of methoxy groups -OCH3 is 1. The normalized spacial score (nSPS) is 17.8. The molecule has 1 fully saturated rings. The Balaban J connectivity index is 1.59. The number of H-pyrrole nitrogens is 1. The predicted molar refractivity (Wildman–Crippen MR) is 86.9 cm³/mol. The van der Waals surface area contributed by atoms with Gasteiger partial charge in [0.2, 0.25) is 0 Å². The number of nitrogens with zero attached hydrogens (tertiary/aromatic N) is 4. The Morgan fingerprint density at radius 2 is 2.39 bits per heavy atom. The molecule has 3 aromatic rings. The van der Waals surface area contributed by atoms with Gasteiger partial charge in [-0.05, 0) is 24.6 Å². The molecule has 0 bridgehead atoms. The third-order valence-corrected chi connectivity index (χ3v) is 5.16. The van der Waals surface area contributed by atoms with Gasteiger partial charge in [0.1, 0.15) is 12.2 Å². The molecule has 8 heteroatoms. The summed E-state index contributed by atoms with van der Waals surface area (Å²) < 4.78 is 5.76. The molecule has 0 spiro atoms. The van der Waals surface area contributed by atoms with E-state index in [1.165, 1.54) is 7.11 Å². The molecule has 1 aliphatic heterocycles. The second kappa shape index (κ2) is 5.62. The van der Waals surface area contributed by atoms with Crippen LogP contribution in [0, 0.1) is 0 Å². The Bertz CT molecular complexity index is 845. The van der Waals surface area contributed by atoms with Crippen molar-refractivity contribution in [1.29, 1.82) is 0 Å². The summed E-state index contributed by atoms with van der Waals surface area (Å²) >= 11 is 1.60. The van der Waals surface area contributed by atoms with Crippen molar-refractivity contribution < 1.29 is 9.53 Å². The van der Waals surface area contributed by atoms with Crippen molar-refractivity contribution in [3.05, 3.63) is 35.9 Å². The number of carbonyl (C=O) groups is 1. The van der Waals surface area contributed by atoms with Crippen molar-refractivity contribution in [2.75, 3.05) is 25.1 Å². The number of nitrogens with one attached hydrogen (secondary N) is 1. The number of aromatic nitrogens is 4. The minimum atomic E-state index is -0.326. The van der Waals surface area contributed by atoms with E-state index in [2.05, 4.69) is 25.1 Å². The van der Waals surface area contributed by atoms with Crippen molar-refractivity contribution in [1.82, 2.24) is 20.2 Å². The van der Waals surface area contributed by atoms with Gasteiger partial charge in [-0.3, -0.25) is 5.10 Å². The standard InChI is InChI=1S/C15H15N5O2S/c1-22-14(21)9-2-3-11-12(6-9)23-15(18-11)20-5-4-10(7-20)13-16-8-17-19-13/h2-3,6,8,10H,4-5,7H2,1H3,(H,16,17,19). The van der Waals surface area contributed by atoms with Crippen molar-refractivity contribution in [2.24, 2.45) is 0 Å². The molecular weight excluding hydrogens is 314 g/mol. The second-order valence-corrected chi connectivity index (χ2v) is 6.48. The fourth-order valence-corrected chi connectivity index (χ4v) is 3.90. The molecule has 23 heavy (non-hydrogen) atoms. The van der Waals surface area contributed by atoms with E-state index in [4.69, 9.17) is 4.74 Å². The SMILES string of the molecule is COC(=O)c1ccc2nc(N3CCC(c4ncn[nH]4)C3)sc2c1. The first-order chi connectivity index (χ1) is 11.2. The maximum absolute atomic E-state index is 11.6. The number of esters is 1. The van der Waals surface area contributed by atoms with E-state index in [0.717, 1.165) is 40.7 Å². The average molecular weight is 329 g/mol. The Labute approximate surface area is 136 Å². The van der Waals surface area contributed by atoms with E-state index in [0.29, 0.717) is 11.5 Å². The number of anilines is 1. The van der Waals surface area contributed by atoms with Crippen LogP contribution in [0.2, 0.25) is 0 Å². The van der Waals surface area contributed by atoms with E-state index < -0.39 is 0 Å². The van der Waals surface area contributed by atoms with E-state index in [1.54, 1.807) is 23.7 Å². The summed E-state index contributed by atoms with van der Waals surface area (Å²) in [5, 5.41) is 7.85. The monoisotopic (exact) mass is 329 g/mol. The minimum absolute atomic E-state index is 0.326. The molecule has 0 radical (unpaired) electrons. The zero-order valence-corrected chi connectivity index (χ0v) is 13.3. The molecule has 1 aromatic carbocycles. The van der Waals surface area contributed by atoms with Crippen LogP contribution in [0.1, 0.15) is 28.5 Å². The number of benzene rings is 1. The number of hydrogen-bond acceptors (Lipinski definition) is 7. The van der Waals surface area contributed by atoms with E-state index >= 15 is 0 Å². The lowest BCUT2D eigenvalue weighted by Gasteiger charge is -2.13. The topological polar surface area (TPSA) is 84.0 Å². The summed E-state index contributed by atoms with van der Waals surface area (Å²) in [5.41, 5.74) is 1.46. The molecule has 1 saturated heterocycles. The van der Waals surface area contributed by atoms with Gasteiger partial charge in [-0.15, -0.1) is 0 Å². The summed E-state index contributed by atoms with van der Waals surface area (Å²) in [6.45, 7) is 1.81. The lowest BCUT2D eigenvalue weighted by atomic mass is 10.1. The molecule has 2 aromatic heterocycles. The number of carbonyl (C=O) groups excluding carboxylic acids is 1. The van der Waals surface area contributed by atoms with Gasteiger partial charge in [-0.1, -0.05) is 11.3 Å². The van der Waals surface area contributed by atoms with Gasteiger partial charge in [0.15, 0.2) is 5.13 Å². The molecule has 1 atom stereocenters. The maximum atomic E-state index is 11.6. The van der Waals surface area contributed by atoms with Crippen LogP contribution in [0.3, 0.4) is 0 Å². The fraction of sp³-hybridized carbons (Fsp3) is 0.333. The number of fused-ring (bicyclic) bond motifs is 1. The largest absolute Gasteiger partial charge is 0.465 e. The van der Waals surface area contributed by atoms with E-state index in [1.807, 2.05) is 12.1 Å². The molecule has 1 aliphatic rings. The van der Waals surface area contributed by atoms with Crippen molar-refractivity contribution in [3.63, 3.8) is 0 Å². The summed E-state index contributed by atoms with van der Waals surface area (Å²) in [4.78, 5) is 22.8. The predicted octanol–water partition coefficient (Wildman–Crippen LogP) is 2.19. The fourth-order valence-electron chi connectivity index (χ4n) is 2.86. The molecule has 1 N–H and O–H groups in total. The Morgan fingerprint density at radius 1 is 1.48 bits per heavy atom. The number of hydrogen-bond donors (Lipinski definition) is 1. The summed E-state index contributed by atoms with van der Waals surface area (Å²) in [5.74, 6) is 0.963. The first-order valence-corrected chi connectivity index (χ1v) is 8.15. The lowest BCUT2D eigenvalue weighted by molar-refractivity contribution is 0.0601. The Kier molecular flexibility index (Phi) is 3.45. The first-order valence-electron chi connectivity index (χ1n) is 7.33. The first kappa shape index (κ1) is 14.1. The van der Waals surface area contributed by atoms with E-state index in [-0.39, 0.29) is 5.97 Å². The molecule has 0 amide bonds. The Hall–Kier alpha value is -2.48. The van der Waals surface area contributed by atoms with Gasteiger partial charge >= 0.3 is 5.97 Å². The van der Waals surface area contributed by atoms with Crippen molar-refractivity contribution in [3.8, 4) is 0 Å². The molecule has 3 heterocycles. The van der Waals surface area contributed by atoms with Crippen LogP contribution < -0.4 is 4.90 Å². The van der Waals surface area contributed by atoms with Gasteiger partial charge < -0.3 is 9.64 Å². The highest BCUT2D eigenvalue weighted by Gasteiger charge is 2.27. The van der Waals surface area contributed by atoms with Crippen LogP contribution in [0.4, 0.5) is 5.13 Å². The highest BCUT2D eigenvalue weighted by atomic mass is 32.1. The van der Waals surface area contributed by atoms with Crippen LogP contribution in [0.5, 0.6) is 0 Å². The van der Waals surface area contributed by atoms with Crippen molar-refractivity contribution >= 4 is 32.7 Å². The molecule has 4 rings (SSSR count). The Morgan fingerprint density at radius 3 is 3.17 bits per heavy atom. The van der Waals surface area contributed by atoms with Gasteiger partial charge in [0.05, 0.1) is 22.9 Å². The van der Waals surface area contributed by atoms with Gasteiger partial charge in [-0.25, -0.2) is 14.8 Å². The van der Waals surface area contributed by atoms with Crippen LogP contribution in [-0.4, -0.2) is 46.3 Å². The highest BCUT2D eigenvalue weighted by Crippen LogP contribution is 2.34. The van der Waals surface area contributed by atoms with Crippen LogP contribution >= 0.6 is 11.3 Å². The second-order valence-electron chi connectivity index (χ2n) is 5.47.